The van der Waals surface area contributed by atoms with Crippen molar-refractivity contribution in [2.75, 3.05) is 26.4 Å². The molecule has 0 saturated heterocycles. The third-order valence-electron chi connectivity index (χ3n) is 13.4. The summed E-state index contributed by atoms with van der Waals surface area (Å²) in [5.74, 6) is -0.823. The highest BCUT2D eigenvalue weighted by Crippen LogP contribution is 2.43. The lowest BCUT2D eigenvalue weighted by Crippen LogP contribution is -2.29. The minimum absolute atomic E-state index is 0.0550. The first-order chi connectivity index (χ1) is 33.3. The number of unbranched alkanes of at least 4 members (excludes halogenated alkanes) is 42. The second kappa shape index (κ2) is 55.1. The van der Waals surface area contributed by atoms with Crippen molar-refractivity contribution in [3.8, 4) is 0 Å². The van der Waals surface area contributed by atoms with Gasteiger partial charge in [-0.3, -0.25) is 18.6 Å². The van der Waals surface area contributed by atoms with E-state index in [0.717, 1.165) is 57.8 Å². The lowest BCUT2D eigenvalue weighted by Gasteiger charge is -2.19. The van der Waals surface area contributed by atoms with E-state index in [2.05, 4.69) is 26.0 Å². The van der Waals surface area contributed by atoms with Gasteiger partial charge in [0.05, 0.1) is 13.2 Å². The standard InChI is InChI=1S/C58H114NO8P/c1-3-5-7-9-11-13-15-17-18-19-20-21-22-23-24-25-26-27-28-29-30-31-32-33-34-35-36-37-38-39-41-42-44-46-48-50-57(60)64-54-56(55-66-68(62,63)65-53-52-59)67-58(61)51-49-47-45-43-40-16-14-12-10-8-6-4-2/h12,14,56H,3-11,13,15-55,59H2,1-2H3,(H,62,63)/b14-12-. The van der Waals surface area contributed by atoms with Gasteiger partial charge >= 0.3 is 19.8 Å². The number of rotatable bonds is 57. The first-order valence-electron chi connectivity index (χ1n) is 29.7. The molecule has 0 radical (unpaired) electrons. The van der Waals surface area contributed by atoms with Crippen LogP contribution in [0.25, 0.3) is 0 Å². The average molecular weight is 985 g/mol. The van der Waals surface area contributed by atoms with Crippen LogP contribution in [0.5, 0.6) is 0 Å². The molecule has 0 aromatic rings. The SMILES string of the molecule is CCCCC/C=C\CCCCCCCC(=O)OC(COC(=O)CCCCCCCCCCCCCCCCCCCCCCCCCCCCCCCCCCCCC)COP(=O)(O)OCCN. The molecule has 0 amide bonds. The second-order valence-corrected chi connectivity index (χ2v) is 21.7. The molecule has 0 spiro atoms. The number of ether oxygens (including phenoxy) is 2. The molecule has 0 bridgehead atoms. The molecule has 0 heterocycles. The highest BCUT2D eigenvalue weighted by Gasteiger charge is 2.26. The summed E-state index contributed by atoms with van der Waals surface area (Å²) in [7, 11) is -4.38. The van der Waals surface area contributed by atoms with Crippen LogP contribution in [-0.4, -0.2) is 49.3 Å². The summed E-state index contributed by atoms with van der Waals surface area (Å²) in [6.45, 7) is 3.75. The predicted octanol–water partition coefficient (Wildman–Crippen LogP) is 18.5. The van der Waals surface area contributed by atoms with Crippen molar-refractivity contribution in [1.82, 2.24) is 0 Å². The maximum absolute atomic E-state index is 12.6. The molecule has 0 fully saturated rings. The summed E-state index contributed by atoms with van der Waals surface area (Å²) in [5, 5.41) is 0. The van der Waals surface area contributed by atoms with Crippen LogP contribution >= 0.6 is 7.82 Å². The van der Waals surface area contributed by atoms with Crippen LogP contribution < -0.4 is 5.73 Å². The molecule has 0 rings (SSSR count). The lowest BCUT2D eigenvalue weighted by atomic mass is 10.0. The third kappa shape index (κ3) is 54.1. The summed E-state index contributed by atoms with van der Waals surface area (Å²) in [5.41, 5.74) is 5.37. The number of allylic oxidation sites excluding steroid dienone is 2. The molecule has 9 nitrogen and oxygen atoms in total. The highest BCUT2D eigenvalue weighted by molar-refractivity contribution is 7.47. The summed E-state index contributed by atoms with van der Waals surface area (Å²) < 4.78 is 32.9. The molecule has 0 saturated carbocycles. The first-order valence-corrected chi connectivity index (χ1v) is 31.2. The Morgan fingerprint density at radius 2 is 0.721 bits per heavy atom. The van der Waals surface area contributed by atoms with E-state index in [4.69, 9.17) is 24.3 Å². The Morgan fingerprint density at radius 1 is 0.426 bits per heavy atom. The fourth-order valence-corrected chi connectivity index (χ4v) is 9.75. The Bertz CT molecular complexity index is 1120. The maximum atomic E-state index is 12.6. The van der Waals surface area contributed by atoms with Gasteiger partial charge in [-0.1, -0.05) is 276 Å². The molecule has 0 aliphatic rings. The second-order valence-electron chi connectivity index (χ2n) is 20.2. The molecule has 10 heteroatoms. The van der Waals surface area contributed by atoms with Crippen LogP contribution in [0.1, 0.15) is 316 Å². The van der Waals surface area contributed by atoms with Gasteiger partial charge in [-0.2, -0.15) is 0 Å². The number of carbonyl (C=O) groups is 2. The van der Waals surface area contributed by atoms with Crippen LogP contribution in [0.4, 0.5) is 0 Å². The predicted molar refractivity (Wildman–Crippen MR) is 289 cm³/mol. The molecule has 0 aliphatic heterocycles. The van der Waals surface area contributed by atoms with Gasteiger partial charge < -0.3 is 20.1 Å². The maximum Gasteiger partial charge on any atom is 0.472 e. The van der Waals surface area contributed by atoms with E-state index in [-0.39, 0.29) is 38.6 Å². The minimum Gasteiger partial charge on any atom is -0.462 e. The topological polar surface area (TPSA) is 134 Å². The molecule has 404 valence electrons. The van der Waals surface area contributed by atoms with Crippen LogP contribution in [0.2, 0.25) is 0 Å². The van der Waals surface area contributed by atoms with Gasteiger partial charge in [-0.25, -0.2) is 4.57 Å². The number of carbonyl (C=O) groups excluding carboxylic acids is 2. The number of nitrogens with two attached hydrogens (primary N) is 1. The third-order valence-corrected chi connectivity index (χ3v) is 14.4. The summed E-state index contributed by atoms with van der Waals surface area (Å²) in [6.07, 6.45) is 63.1. The number of phosphoric acid groups is 1. The molecule has 0 aromatic carbocycles. The molecule has 0 aliphatic carbocycles. The molecular formula is C58H114NO8P. The minimum atomic E-state index is -4.38. The number of hydrogen-bond acceptors (Lipinski definition) is 8. The van der Waals surface area contributed by atoms with E-state index in [1.54, 1.807) is 0 Å². The largest absolute Gasteiger partial charge is 0.472 e. The zero-order valence-electron chi connectivity index (χ0n) is 45.1. The van der Waals surface area contributed by atoms with Gasteiger partial charge in [0.2, 0.25) is 0 Å². The van der Waals surface area contributed by atoms with E-state index in [1.165, 1.54) is 225 Å². The van der Waals surface area contributed by atoms with Crippen LogP contribution in [0.15, 0.2) is 12.2 Å². The smallest absolute Gasteiger partial charge is 0.462 e. The number of phosphoric ester groups is 1. The van der Waals surface area contributed by atoms with Gasteiger partial charge in [0.25, 0.3) is 0 Å². The van der Waals surface area contributed by atoms with Crippen molar-refractivity contribution >= 4 is 19.8 Å². The number of hydrogen-bond donors (Lipinski definition) is 2. The summed E-state index contributed by atoms with van der Waals surface area (Å²) >= 11 is 0. The van der Waals surface area contributed by atoms with E-state index in [9.17, 15) is 19.0 Å². The Hall–Kier alpha value is -1.25. The molecule has 2 atom stereocenters. The van der Waals surface area contributed by atoms with E-state index >= 15 is 0 Å². The first kappa shape index (κ1) is 66.8. The van der Waals surface area contributed by atoms with Crippen molar-refractivity contribution in [2.45, 2.75) is 322 Å². The van der Waals surface area contributed by atoms with E-state index in [1.807, 2.05) is 0 Å². The zero-order chi connectivity index (χ0) is 49.5. The van der Waals surface area contributed by atoms with Gasteiger partial charge in [0, 0.05) is 19.4 Å². The Kier molecular flexibility index (Phi) is 54.1. The van der Waals surface area contributed by atoms with Crippen molar-refractivity contribution < 1.29 is 37.6 Å². The Balaban J connectivity index is 3.72. The van der Waals surface area contributed by atoms with Gasteiger partial charge in [-0.15, -0.1) is 0 Å². The van der Waals surface area contributed by atoms with Gasteiger partial charge in [0.15, 0.2) is 6.10 Å². The monoisotopic (exact) mass is 984 g/mol. The van der Waals surface area contributed by atoms with Crippen molar-refractivity contribution in [2.24, 2.45) is 5.73 Å². The molecule has 3 N–H and O–H groups in total. The van der Waals surface area contributed by atoms with Crippen LogP contribution in [0.3, 0.4) is 0 Å². The van der Waals surface area contributed by atoms with Crippen LogP contribution in [0, 0.1) is 0 Å². The van der Waals surface area contributed by atoms with Crippen molar-refractivity contribution in [3.63, 3.8) is 0 Å². The fourth-order valence-electron chi connectivity index (χ4n) is 8.99. The van der Waals surface area contributed by atoms with Gasteiger partial charge in [0.1, 0.15) is 6.61 Å². The lowest BCUT2D eigenvalue weighted by molar-refractivity contribution is -0.161. The van der Waals surface area contributed by atoms with Crippen molar-refractivity contribution in [3.05, 3.63) is 12.2 Å². The number of esters is 2. The average Bonchev–Trinajstić information content (AvgIpc) is 3.33. The zero-order valence-corrected chi connectivity index (χ0v) is 46.0. The fraction of sp³-hybridized carbons (Fsp3) is 0.931. The quantitative estimate of drug-likeness (QED) is 0.0264. The normalized spacial score (nSPS) is 13.1. The Labute approximate surface area is 421 Å². The van der Waals surface area contributed by atoms with Gasteiger partial charge in [-0.05, 0) is 38.5 Å². The van der Waals surface area contributed by atoms with Crippen molar-refractivity contribution in [1.29, 1.82) is 0 Å². The molecule has 0 aromatic heterocycles. The molecule has 68 heavy (non-hydrogen) atoms. The molecular weight excluding hydrogens is 870 g/mol. The highest BCUT2D eigenvalue weighted by atomic mass is 31.2. The van der Waals surface area contributed by atoms with Crippen LogP contribution in [-0.2, 0) is 32.7 Å². The van der Waals surface area contributed by atoms with E-state index < -0.39 is 26.5 Å². The molecule has 2 unspecified atom stereocenters. The van der Waals surface area contributed by atoms with E-state index in [0.29, 0.717) is 6.42 Å². The summed E-state index contributed by atoms with van der Waals surface area (Å²) in [4.78, 5) is 35.0. The summed E-state index contributed by atoms with van der Waals surface area (Å²) in [6, 6.07) is 0. The Morgan fingerprint density at radius 3 is 1.07 bits per heavy atom.